The molecule has 1 aliphatic heterocycles. The van der Waals surface area contributed by atoms with Crippen molar-refractivity contribution in [3.63, 3.8) is 0 Å². The number of benzene rings is 2. The van der Waals surface area contributed by atoms with Crippen molar-refractivity contribution in [3.05, 3.63) is 46.1 Å². The van der Waals surface area contributed by atoms with Gasteiger partial charge in [-0.15, -0.1) is 0 Å². The molecule has 3 aromatic rings. The first kappa shape index (κ1) is 19.6. The third kappa shape index (κ3) is 2.95. The minimum absolute atomic E-state index is 0.0590. The van der Waals surface area contributed by atoms with Gasteiger partial charge in [0, 0.05) is 0 Å². The van der Waals surface area contributed by atoms with Crippen LogP contribution in [0.4, 0.5) is 0 Å². The fourth-order valence-electron chi connectivity index (χ4n) is 3.69. The molecule has 5 atom stereocenters. The van der Waals surface area contributed by atoms with Gasteiger partial charge in [0.15, 0.2) is 11.5 Å². The summed E-state index contributed by atoms with van der Waals surface area (Å²) in [5.41, 5.74) is -0.318. The van der Waals surface area contributed by atoms with Gasteiger partial charge in [0.1, 0.15) is 41.7 Å². The van der Waals surface area contributed by atoms with Gasteiger partial charge in [-0.2, -0.15) is 0 Å². The summed E-state index contributed by atoms with van der Waals surface area (Å²) in [5, 5.41) is 51.3. The van der Waals surface area contributed by atoms with Gasteiger partial charge in [-0.1, -0.05) is 12.1 Å². The molecule has 0 saturated carbocycles. The smallest absolute Gasteiger partial charge is 0.200 e. The SMILES string of the molecule is COc1cc2c(=O)c3ccccc3oc2c([C@@H]2O[C@H](CO)[C@@H](O)[C@H](O)[C@H]2O)c1O. The van der Waals surface area contributed by atoms with Crippen molar-refractivity contribution < 1.29 is 39.4 Å². The van der Waals surface area contributed by atoms with Crippen LogP contribution in [0.3, 0.4) is 0 Å². The maximum Gasteiger partial charge on any atom is 0.200 e. The number of aliphatic hydroxyl groups excluding tert-OH is 4. The average molecular weight is 404 g/mol. The Balaban J connectivity index is 2.05. The van der Waals surface area contributed by atoms with Gasteiger partial charge in [-0.25, -0.2) is 0 Å². The van der Waals surface area contributed by atoms with Crippen LogP contribution < -0.4 is 10.2 Å². The van der Waals surface area contributed by atoms with E-state index < -0.39 is 42.9 Å². The minimum atomic E-state index is -1.68. The molecule has 1 aliphatic rings. The van der Waals surface area contributed by atoms with Gasteiger partial charge in [0.05, 0.1) is 30.1 Å². The largest absolute Gasteiger partial charge is 0.504 e. The Hall–Kier alpha value is -2.69. The van der Waals surface area contributed by atoms with Crippen LogP contribution >= 0.6 is 0 Å². The highest BCUT2D eigenvalue weighted by molar-refractivity contribution is 5.93. The molecule has 2 aromatic carbocycles. The summed E-state index contributed by atoms with van der Waals surface area (Å²) in [6, 6.07) is 7.84. The summed E-state index contributed by atoms with van der Waals surface area (Å²) >= 11 is 0. The lowest BCUT2D eigenvalue weighted by Crippen LogP contribution is -2.55. The van der Waals surface area contributed by atoms with E-state index in [0.29, 0.717) is 5.39 Å². The molecule has 0 spiro atoms. The van der Waals surface area contributed by atoms with E-state index in [-0.39, 0.29) is 33.3 Å². The molecule has 0 radical (unpaired) electrons. The van der Waals surface area contributed by atoms with Crippen LogP contribution in [0.2, 0.25) is 0 Å². The highest BCUT2D eigenvalue weighted by Crippen LogP contribution is 2.45. The van der Waals surface area contributed by atoms with Crippen LogP contribution in [-0.2, 0) is 4.74 Å². The third-order valence-corrected chi connectivity index (χ3v) is 5.24. The predicted molar refractivity (Wildman–Crippen MR) is 101 cm³/mol. The van der Waals surface area contributed by atoms with Crippen molar-refractivity contribution in [2.24, 2.45) is 0 Å². The molecule has 1 fully saturated rings. The monoisotopic (exact) mass is 404 g/mol. The molecule has 0 aliphatic carbocycles. The molecule has 0 amide bonds. The molecule has 154 valence electrons. The van der Waals surface area contributed by atoms with Crippen molar-refractivity contribution >= 4 is 21.9 Å². The van der Waals surface area contributed by atoms with Crippen LogP contribution in [0.25, 0.3) is 21.9 Å². The molecule has 29 heavy (non-hydrogen) atoms. The van der Waals surface area contributed by atoms with Gasteiger partial charge in [0.25, 0.3) is 0 Å². The van der Waals surface area contributed by atoms with Gasteiger partial charge >= 0.3 is 0 Å². The summed E-state index contributed by atoms with van der Waals surface area (Å²) in [4.78, 5) is 13.0. The standard InChI is InChI=1S/C20H20O9/c1-27-11-6-9-14(22)8-4-2-3-5-10(8)28-19(9)13(15(11)23)20-18(26)17(25)16(24)12(7-21)29-20/h2-6,12,16-18,20-21,23-26H,7H2,1H3/t12-,16-,17+,18-,20+/m1/s1. The Bertz CT molecular complexity index is 1120. The fraction of sp³-hybridized carbons (Fsp3) is 0.350. The lowest BCUT2D eigenvalue weighted by atomic mass is 9.89. The number of phenolic OH excluding ortho intramolecular Hbond substituents is 1. The highest BCUT2D eigenvalue weighted by Gasteiger charge is 2.46. The number of para-hydroxylation sites is 1. The van der Waals surface area contributed by atoms with E-state index in [1.165, 1.54) is 13.2 Å². The van der Waals surface area contributed by atoms with E-state index in [1.54, 1.807) is 24.3 Å². The minimum Gasteiger partial charge on any atom is -0.504 e. The van der Waals surface area contributed by atoms with E-state index >= 15 is 0 Å². The third-order valence-electron chi connectivity index (χ3n) is 5.24. The molecular weight excluding hydrogens is 384 g/mol. The quantitative estimate of drug-likeness (QED) is 0.385. The number of rotatable bonds is 3. The number of fused-ring (bicyclic) bond motifs is 2. The number of methoxy groups -OCH3 is 1. The maximum absolute atomic E-state index is 13.0. The second-order valence-corrected chi connectivity index (χ2v) is 6.89. The predicted octanol–water partition coefficient (Wildman–Crippen LogP) is 0.175. The zero-order valence-corrected chi connectivity index (χ0v) is 15.3. The number of hydrogen-bond donors (Lipinski definition) is 5. The summed E-state index contributed by atoms with van der Waals surface area (Å²) < 4.78 is 16.6. The number of ether oxygens (including phenoxy) is 2. The molecule has 0 bridgehead atoms. The number of aliphatic hydroxyl groups is 4. The Morgan fingerprint density at radius 3 is 2.48 bits per heavy atom. The molecule has 5 N–H and O–H groups in total. The summed E-state index contributed by atoms with van der Waals surface area (Å²) in [7, 11) is 1.29. The molecule has 4 rings (SSSR count). The highest BCUT2D eigenvalue weighted by atomic mass is 16.5. The van der Waals surface area contributed by atoms with E-state index in [9.17, 15) is 30.3 Å². The lowest BCUT2D eigenvalue weighted by Gasteiger charge is -2.40. The first-order valence-corrected chi connectivity index (χ1v) is 8.95. The van der Waals surface area contributed by atoms with Crippen molar-refractivity contribution in [3.8, 4) is 11.5 Å². The Labute approximate surface area is 164 Å². The molecule has 2 heterocycles. The van der Waals surface area contributed by atoms with E-state index in [0.717, 1.165) is 0 Å². The van der Waals surface area contributed by atoms with Crippen LogP contribution in [0, 0.1) is 0 Å². The van der Waals surface area contributed by atoms with Crippen molar-refractivity contribution in [2.75, 3.05) is 13.7 Å². The Morgan fingerprint density at radius 2 is 1.79 bits per heavy atom. The van der Waals surface area contributed by atoms with Gasteiger partial charge in [0.2, 0.25) is 5.43 Å². The molecule has 1 aromatic heterocycles. The average Bonchev–Trinajstić information content (AvgIpc) is 2.73. The summed E-state index contributed by atoms with van der Waals surface area (Å²) in [6.45, 7) is -0.642. The van der Waals surface area contributed by atoms with E-state index in [1.807, 2.05) is 0 Å². The second-order valence-electron chi connectivity index (χ2n) is 6.89. The Morgan fingerprint density at radius 1 is 1.07 bits per heavy atom. The van der Waals surface area contributed by atoms with Crippen molar-refractivity contribution in [1.29, 1.82) is 0 Å². The zero-order valence-electron chi connectivity index (χ0n) is 15.3. The first-order chi connectivity index (χ1) is 13.9. The van der Waals surface area contributed by atoms with Gasteiger partial charge < -0.3 is 39.4 Å². The van der Waals surface area contributed by atoms with Crippen LogP contribution in [0.5, 0.6) is 11.5 Å². The van der Waals surface area contributed by atoms with Crippen LogP contribution in [0.15, 0.2) is 39.5 Å². The molecule has 0 unspecified atom stereocenters. The molecule has 9 nitrogen and oxygen atoms in total. The maximum atomic E-state index is 13.0. The number of aromatic hydroxyl groups is 1. The molecular formula is C20H20O9. The summed E-state index contributed by atoms with van der Waals surface area (Å²) in [6.07, 6.45) is -7.53. The Kier molecular flexibility index (Phi) is 4.93. The van der Waals surface area contributed by atoms with Crippen molar-refractivity contribution in [2.45, 2.75) is 30.5 Å². The normalized spacial score (nSPS) is 27.4. The van der Waals surface area contributed by atoms with E-state index in [2.05, 4.69) is 0 Å². The van der Waals surface area contributed by atoms with Gasteiger partial charge in [-0.05, 0) is 18.2 Å². The van der Waals surface area contributed by atoms with Crippen LogP contribution in [0.1, 0.15) is 11.7 Å². The number of phenols is 1. The first-order valence-electron chi connectivity index (χ1n) is 8.95. The summed E-state index contributed by atoms with van der Waals surface area (Å²) in [5.74, 6) is -0.519. The zero-order chi connectivity index (χ0) is 20.9. The topological polar surface area (TPSA) is 150 Å². The van der Waals surface area contributed by atoms with Gasteiger partial charge in [-0.3, -0.25) is 4.79 Å². The number of hydrogen-bond acceptors (Lipinski definition) is 9. The van der Waals surface area contributed by atoms with E-state index in [4.69, 9.17) is 13.9 Å². The second kappa shape index (κ2) is 7.29. The molecule has 1 saturated heterocycles. The van der Waals surface area contributed by atoms with Crippen LogP contribution in [-0.4, -0.2) is 63.7 Å². The fourth-order valence-corrected chi connectivity index (χ4v) is 3.69. The van der Waals surface area contributed by atoms with Crippen molar-refractivity contribution in [1.82, 2.24) is 0 Å². The lowest BCUT2D eigenvalue weighted by molar-refractivity contribution is -0.231. The molecule has 9 heteroatoms.